The molecule has 3 unspecified atom stereocenters. The second-order valence-electron chi connectivity index (χ2n) is 6.24. The van der Waals surface area contributed by atoms with Crippen molar-refractivity contribution in [3.05, 3.63) is 0 Å². The second kappa shape index (κ2) is 12.5. The van der Waals surface area contributed by atoms with Gasteiger partial charge in [-0.3, -0.25) is 0 Å². The fourth-order valence-electron chi connectivity index (χ4n) is 2.55. The van der Waals surface area contributed by atoms with Crippen LogP contribution in [0.15, 0.2) is 0 Å². The standard InChI is InChI=1S/C18H40O9Si/c1-11-15-28(25-16(5,19-8)22-12-2,26-17(6,20-9)23-13-3)27-18(7,21-10)24-14-4/h11-15H2,1-10H3. The molecule has 10 heteroatoms. The zero-order chi connectivity index (χ0) is 21.9. The van der Waals surface area contributed by atoms with E-state index in [1.165, 1.54) is 21.3 Å². The average molecular weight is 429 g/mol. The van der Waals surface area contributed by atoms with Crippen molar-refractivity contribution in [1.29, 1.82) is 0 Å². The van der Waals surface area contributed by atoms with Gasteiger partial charge in [0, 0.05) is 68.0 Å². The summed E-state index contributed by atoms with van der Waals surface area (Å²) in [5.74, 6) is -4.21. The minimum absolute atomic E-state index is 0.362. The number of ether oxygens (including phenoxy) is 6. The molecule has 0 bridgehead atoms. The van der Waals surface area contributed by atoms with Crippen LogP contribution in [0, 0.1) is 0 Å². The highest BCUT2D eigenvalue weighted by Gasteiger charge is 2.56. The van der Waals surface area contributed by atoms with Gasteiger partial charge < -0.3 is 41.7 Å². The van der Waals surface area contributed by atoms with Crippen LogP contribution in [0.2, 0.25) is 6.04 Å². The van der Waals surface area contributed by atoms with E-state index in [0.717, 1.165) is 0 Å². The summed E-state index contributed by atoms with van der Waals surface area (Å²) in [6, 6.07) is 0.414. The summed E-state index contributed by atoms with van der Waals surface area (Å²) in [6.45, 7) is 13.5. The van der Waals surface area contributed by atoms with E-state index < -0.39 is 26.7 Å². The van der Waals surface area contributed by atoms with Crippen molar-refractivity contribution in [2.45, 2.75) is 78.9 Å². The van der Waals surface area contributed by atoms with Crippen LogP contribution < -0.4 is 0 Å². The molecule has 3 atom stereocenters. The molecule has 0 fully saturated rings. The lowest BCUT2D eigenvalue weighted by atomic mass is 10.6. The highest BCUT2D eigenvalue weighted by atomic mass is 28.4. The van der Waals surface area contributed by atoms with E-state index in [0.29, 0.717) is 32.3 Å². The average Bonchev–Trinajstić information content (AvgIpc) is 2.62. The summed E-state index contributed by atoms with van der Waals surface area (Å²) in [6.07, 6.45) is 0.690. The summed E-state index contributed by atoms with van der Waals surface area (Å²) < 4.78 is 52.2. The lowest BCUT2D eigenvalue weighted by molar-refractivity contribution is -0.395. The third-order valence-corrected chi connectivity index (χ3v) is 7.07. The van der Waals surface area contributed by atoms with Crippen LogP contribution in [0.5, 0.6) is 0 Å². The van der Waals surface area contributed by atoms with Gasteiger partial charge in [0.1, 0.15) is 0 Å². The molecule has 0 aliphatic rings. The number of hydrogen-bond donors (Lipinski definition) is 0. The Balaban J connectivity index is 6.15. The molecule has 0 aliphatic carbocycles. The molecule has 0 aromatic carbocycles. The normalized spacial score (nSPS) is 20.8. The third-order valence-electron chi connectivity index (χ3n) is 3.91. The summed E-state index contributed by atoms with van der Waals surface area (Å²) in [5, 5.41) is 0. The van der Waals surface area contributed by atoms with E-state index in [-0.39, 0.29) is 0 Å². The summed E-state index contributed by atoms with van der Waals surface area (Å²) >= 11 is 0. The first-order valence-electron chi connectivity index (χ1n) is 9.72. The molecule has 0 amide bonds. The number of rotatable bonds is 17. The molecular formula is C18H40O9Si. The minimum Gasteiger partial charge on any atom is -0.332 e. The molecule has 0 saturated heterocycles. The van der Waals surface area contributed by atoms with Crippen molar-refractivity contribution in [2.24, 2.45) is 0 Å². The van der Waals surface area contributed by atoms with E-state index >= 15 is 0 Å². The van der Waals surface area contributed by atoms with Crippen LogP contribution >= 0.6 is 0 Å². The van der Waals surface area contributed by atoms with E-state index in [1.54, 1.807) is 20.8 Å². The molecule has 0 aromatic heterocycles. The Morgan fingerprint density at radius 3 is 1.04 bits per heavy atom. The first kappa shape index (κ1) is 27.9. The summed E-state index contributed by atoms with van der Waals surface area (Å²) in [5.41, 5.74) is 0. The van der Waals surface area contributed by atoms with Gasteiger partial charge in [0.05, 0.1) is 0 Å². The topological polar surface area (TPSA) is 83.1 Å². The fourth-order valence-corrected chi connectivity index (χ4v) is 5.71. The molecule has 170 valence electrons. The molecule has 0 heterocycles. The van der Waals surface area contributed by atoms with Crippen LogP contribution in [0.3, 0.4) is 0 Å². The highest BCUT2D eigenvalue weighted by molar-refractivity contribution is 6.61. The molecule has 0 aromatic rings. The molecule has 0 spiro atoms. The Morgan fingerprint density at radius 1 is 0.571 bits per heavy atom. The van der Waals surface area contributed by atoms with E-state index in [1.807, 2.05) is 27.7 Å². The zero-order valence-corrected chi connectivity index (χ0v) is 20.2. The van der Waals surface area contributed by atoms with Crippen molar-refractivity contribution in [1.82, 2.24) is 0 Å². The predicted molar refractivity (Wildman–Crippen MR) is 105 cm³/mol. The van der Waals surface area contributed by atoms with E-state index in [2.05, 4.69) is 0 Å². The molecule has 0 radical (unpaired) electrons. The molecule has 9 nitrogen and oxygen atoms in total. The Kier molecular flexibility index (Phi) is 12.5. The lowest BCUT2D eigenvalue weighted by Crippen LogP contribution is -2.62. The Bertz CT molecular complexity index is 373. The van der Waals surface area contributed by atoms with Gasteiger partial charge in [0.25, 0.3) is 17.9 Å². The molecule has 28 heavy (non-hydrogen) atoms. The molecule has 0 N–H and O–H groups in total. The van der Waals surface area contributed by atoms with Gasteiger partial charge in [-0.05, 0) is 20.8 Å². The zero-order valence-electron chi connectivity index (χ0n) is 19.2. The number of methoxy groups -OCH3 is 3. The fraction of sp³-hybridized carbons (Fsp3) is 1.00. The van der Waals surface area contributed by atoms with Crippen LogP contribution in [0.1, 0.15) is 54.9 Å². The molecule has 0 rings (SSSR count). The van der Waals surface area contributed by atoms with Crippen LogP contribution in [0.25, 0.3) is 0 Å². The maximum atomic E-state index is 6.27. The molecule has 0 saturated carbocycles. The van der Waals surface area contributed by atoms with Crippen molar-refractivity contribution in [3.63, 3.8) is 0 Å². The van der Waals surface area contributed by atoms with Gasteiger partial charge >= 0.3 is 8.80 Å². The molecular weight excluding hydrogens is 388 g/mol. The maximum Gasteiger partial charge on any atom is 0.512 e. The van der Waals surface area contributed by atoms with Crippen molar-refractivity contribution >= 4 is 8.80 Å². The molecule has 0 aliphatic heterocycles. The minimum atomic E-state index is -3.63. The summed E-state index contributed by atoms with van der Waals surface area (Å²) in [4.78, 5) is 0. The van der Waals surface area contributed by atoms with Crippen LogP contribution in [0.4, 0.5) is 0 Å². The summed E-state index contributed by atoms with van der Waals surface area (Å²) in [7, 11) is 0.823. The maximum absolute atomic E-state index is 6.27. The van der Waals surface area contributed by atoms with E-state index in [9.17, 15) is 0 Å². The van der Waals surface area contributed by atoms with Crippen LogP contribution in [-0.4, -0.2) is 67.9 Å². The van der Waals surface area contributed by atoms with E-state index in [4.69, 9.17) is 41.7 Å². The smallest absolute Gasteiger partial charge is 0.332 e. The first-order valence-corrected chi connectivity index (χ1v) is 11.7. The Hall–Kier alpha value is -0.143. The van der Waals surface area contributed by atoms with Crippen molar-refractivity contribution in [2.75, 3.05) is 41.2 Å². The predicted octanol–water partition coefficient (Wildman–Crippen LogP) is 3.45. The second-order valence-corrected chi connectivity index (χ2v) is 8.72. The third kappa shape index (κ3) is 8.70. The van der Waals surface area contributed by atoms with Crippen molar-refractivity contribution < 1.29 is 41.7 Å². The van der Waals surface area contributed by atoms with Crippen LogP contribution in [-0.2, 0) is 41.7 Å². The Labute approximate surface area is 171 Å². The largest absolute Gasteiger partial charge is 0.512 e. The first-order chi connectivity index (χ1) is 13.0. The van der Waals surface area contributed by atoms with Gasteiger partial charge in [-0.25, -0.2) is 0 Å². The Morgan fingerprint density at radius 2 is 0.857 bits per heavy atom. The lowest BCUT2D eigenvalue weighted by Gasteiger charge is -2.44. The SMILES string of the molecule is CCC[Si](OC(C)(OC)OCC)(OC(C)(OC)OCC)OC(C)(OC)OCC. The number of hydrogen-bond acceptors (Lipinski definition) is 9. The van der Waals surface area contributed by atoms with Gasteiger partial charge in [0.2, 0.25) is 0 Å². The highest BCUT2D eigenvalue weighted by Crippen LogP contribution is 2.35. The quantitative estimate of drug-likeness (QED) is 0.255. The van der Waals surface area contributed by atoms with Gasteiger partial charge in [0.15, 0.2) is 0 Å². The monoisotopic (exact) mass is 428 g/mol. The van der Waals surface area contributed by atoms with Gasteiger partial charge in [-0.15, -0.1) is 0 Å². The van der Waals surface area contributed by atoms with Crippen molar-refractivity contribution in [3.8, 4) is 0 Å². The van der Waals surface area contributed by atoms with Gasteiger partial charge in [-0.2, -0.15) is 0 Å². The van der Waals surface area contributed by atoms with Gasteiger partial charge in [-0.1, -0.05) is 13.3 Å².